The van der Waals surface area contributed by atoms with Crippen molar-refractivity contribution in [1.29, 1.82) is 0 Å². The molecule has 1 aliphatic rings. The molecule has 0 bridgehead atoms. The third kappa shape index (κ3) is 5.07. The molecule has 1 aromatic heterocycles. The number of carbonyl (C=O) groups is 1. The second-order valence-corrected chi connectivity index (χ2v) is 10.2. The highest BCUT2D eigenvalue weighted by Gasteiger charge is 2.25. The summed E-state index contributed by atoms with van der Waals surface area (Å²) in [5.74, 6) is -0.191. The molecule has 1 N–H and O–H groups in total. The number of benzene rings is 1. The fourth-order valence-corrected chi connectivity index (χ4v) is 5.61. The SMILES string of the molecule is CSc1nnc(NCC(=O)c2cccc(S(=O)(=O)N3CCCCCC3)c2)s1. The fraction of sp³-hybridized carbons (Fsp3) is 0.471. The van der Waals surface area contributed by atoms with E-state index in [1.165, 1.54) is 33.5 Å². The van der Waals surface area contributed by atoms with Gasteiger partial charge in [0.25, 0.3) is 0 Å². The summed E-state index contributed by atoms with van der Waals surface area (Å²) in [6.45, 7) is 1.12. The molecule has 0 aliphatic carbocycles. The fourth-order valence-electron chi connectivity index (χ4n) is 2.88. The number of sulfonamides is 1. The van der Waals surface area contributed by atoms with E-state index in [0.29, 0.717) is 23.8 Å². The van der Waals surface area contributed by atoms with Crippen molar-refractivity contribution in [2.45, 2.75) is 34.9 Å². The van der Waals surface area contributed by atoms with Gasteiger partial charge in [0.2, 0.25) is 15.2 Å². The van der Waals surface area contributed by atoms with Gasteiger partial charge in [-0.25, -0.2) is 8.42 Å². The number of hydrogen-bond donors (Lipinski definition) is 1. The van der Waals surface area contributed by atoms with Crippen molar-refractivity contribution in [2.75, 3.05) is 31.2 Å². The molecule has 0 amide bonds. The molecule has 2 aromatic rings. The number of Topliss-reactive ketones (excluding diaryl/α,β-unsaturated/α-hetero) is 1. The lowest BCUT2D eigenvalue weighted by Crippen LogP contribution is -2.32. The first kappa shape index (κ1) is 20.2. The van der Waals surface area contributed by atoms with Crippen LogP contribution in [0, 0.1) is 0 Å². The van der Waals surface area contributed by atoms with Gasteiger partial charge in [0.05, 0.1) is 11.4 Å². The van der Waals surface area contributed by atoms with Gasteiger partial charge in [-0.1, -0.05) is 48.1 Å². The molecule has 7 nitrogen and oxygen atoms in total. The van der Waals surface area contributed by atoms with E-state index in [0.717, 1.165) is 30.0 Å². The second kappa shape index (κ2) is 9.13. The monoisotopic (exact) mass is 426 g/mol. The highest BCUT2D eigenvalue weighted by molar-refractivity contribution is 8.00. The van der Waals surface area contributed by atoms with Crippen molar-refractivity contribution >= 4 is 44.0 Å². The lowest BCUT2D eigenvalue weighted by molar-refractivity contribution is 0.101. The minimum atomic E-state index is -3.57. The smallest absolute Gasteiger partial charge is 0.243 e. The molecule has 0 atom stereocenters. The molecular weight excluding hydrogens is 404 g/mol. The van der Waals surface area contributed by atoms with Gasteiger partial charge in [-0.3, -0.25) is 4.79 Å². The number of hydrogen-bond acceptors (Lipinski definition) is 8. The van der Waals surface area contributed by atoms with Crippen LogP contribution in [0.25, 0.3) is 0 Å². The Labute approximate surface area is 167 Å². The number of nitrogens with one attached hydrogen (secondary N) is 1. The number of nitrogens with zero attached hydrogens (tertiary/aromatic N) is 3. The van der Waals surface area contributed by atoms with Crippen molar-refractivity contribution in [3.8, 4) is 0 Å². The lowest BCUT2D eigenvalue weighted by Gasteiger charge is -2.20. The summed E-state index contributed by atoms with van der Waals surface area (Å²) >= 11 is 2.86. The Kier molecular flexibility index (Phi) is 6.85. The average Bonchev–Trinajstić information content (AvgIpc) is 2.96. The summed E-state index contributed by atoms with van der Waals surface area (Å²) in [7, 11) is -3.57. The first-order valence-electron chi connectivity index (χ1n) is 8.75. The zero-order valence-corrected chi connectivity index (χ0v) is 17.5. The Morgan fingerprint density at radius 1 is 1.22 bits per heavy atom. The van der Waals surface area contributed by atoms with Gasteiger partial charge in [-0.2, -0.15) is 4.31 Å². The first-order valence-corrected chi connectivity index (χ1v) is 12.2. The maximum Gasteiger partial charge on any atom is 0.243 e. The van der Waals surface area contributed by atoms with Crippen LogP contribution in [0.1, 0.15) is 36.0 Å². The van der Waals surface area contributed by atoms with Crippen LogP contribution in [0.15, 0.2) is 33.5 Å². The maximum absolute atomic E-state index is 12.9. The molecule has 0 spiro atoms. The van der Waals surface area contributed by atoms with Crippen LogP contribution in [0.3, 0.4) is 0 Å². The molecule has 27 heavy (non-hydrogen) atoms. The highest BCUT2D eigenvalue weighted by atomic mass is 32.2. The summed E-state index contributed by atoms with van der Waals surface area (Å²) in [5, 5.41) is 11.4. The van der Waals surface area contributed by atoms with Crippen LogP contribution in [0.2, 0.25) is 0 Å². The molecule has 10 heteroatoms. The van der Waals surface area contributed by atoms with Crippen LogP contribution >= 0.6 is 23.1 Å². The summed E-state index contributed by atoms with van der Waals surface area (Å²) in [6.07, 6.45) is 5.77. The standard InChI is InChI=1S/C17H22N4O3S3/c1-25-17-20-19-16(26-17)18-12-15(22)13-7-6-8-14(11-13)27(23,24)21-9-4-2-3-5-10-21/h6-8,11H,2-5,9-10,12H2,1H3,(H,18,19). The van der Waals surface area contributed by atoms with Crippen LogP contribution in [-0.2, 0) is 10.0 Å². The van der Waals surface area contributed by atoms with E-state index in [9.17, 15) is 13.2 Å². The summed E-state index contributed by atoms with van der Waals surface area (Å²) in [6, 6.07) is 6.28. The molecule has 1 aromatic carbocycles. The number of carbonyl (C=O) groups excluding carboxylic acids is 1. The molecule has 0 radical (unpaired) electrons. The van der Waals surface area contributed by atoms with Gasteiger partial charge in [0.1, 0.15) is 0 Å². The van der Waals surface area contributed by atoms with Crippen LogP contribution in [0.4, 0.5) is 5.13 Å². The number of thioether (sulfide) groups is 1. The van der Waals surface area contributed by atoms with Crippen molar-refractivity contribution < 1.29 is 13.2 Å². The number of aromatic nitrogens is 2. The van der Waals surface area contributed by atoms with E-state index in [1.54, 1.807) is 18.2 Å². The molecule has 1 aliphatic heterocycles. The molecule has 3 rings (SSSR count). The third-order valence-corrected chi connectivity index (χ3v) is 8.09. The average molecular weight is 427 g/mol. The summed E-state index contributed by atoms with van der Waals surface area (Å²) in [5.41, 5.74) is 0.369. The van der Waals surface area contributed by atoms with Crippen LogP contribution in [-0.4, -0.2) is 54.6 Å². The van der Waals surface area contributed by atoms with E-state index in [1.807, 2.05) is 6.26 Å². The molecule has 1 saturated heterocycles. The zero-order valence-electron chi connectivity index (χ0n) is 15.1. The van der Waals surface area contributed by atoms with Crippen LogP contribution < -0.4 is 5.32 Å². The van der Waals surface area contributed by atoms with Gasteiger partial charge < -0.3 is 5.32 Å². The van der Waals surface area contributed by atoms with Gasteiger partial charge >= 0.3 is 0 Å². The summed E-state index contributed by atoms with van der Waals surface area (Å²) < 4.78 is 28.2. The van der Waals surface area contributed by atoms with Gasteiger partial charge in [0, 0.05) is 18.7 Å². The minimum Gasteiger partial charge on any atom is -0.353 e. The topological polar surface area (TPSA) is 92.3 Å². The zero-order chi connectivity index (χ0) is 19.3. The number of ketones is 1. The van der Waals surface area contributed by atoms with Gasteiger partial charge in [0.15, 0.2) is 10.1 Å². The molecule has 146 valence electrons. The Balaban J connectivity index is 1.71. The molecular formula is C17H22N4O3S3. The van der Waals surface area contributed by atoms with E-state index in [2.05, 4.69) is 15.5 Å². The number of anilines is 1. The number of rotatable bonds is 7. The second-order valence-electron chi connectivity index (χ2n) is 6.20. The first-order chi connectivity index (χ1) is 13.0. The Hall–Kier alpha value is -1.49. The van der Waals surface area contributed by atoms with Gasteiger partial charge in [-0.05, 0) is 31.2 Å². The minimum absolute atomic E-state index is 0.0379. The maximum atomic E-state index is 12.9. The molecule has 2 heterocycles. The molecule has 0 unspecified atom stereocenters. The predicted molar refractivity (Wildman–Crippen MR) is 108 cm³/mol. The highest BCUT2D eigenvalue weighted by Crippen LogP contribution is 2.24. The van der Waals surface area contributed by atoms with E-state index >= 15 is 0 Å². The van der Waals surface area contributed by atoms with E-state index in [-0.39, 0.29) is 17.2 Å². The summed E-state index contributed by atoms with van der Waals surface area (Å²) in [4.78, 5) is 12.7. The van der Waals surface area contributed by atoms with Crippen molar-refractivity contribution in [1.82, 2.24) is 14.5 Å². The third-order valence-electron chi connectivity index (χ3n) is 4.34. The largest absolute Gasteiger partial charge is 0.353 e. The molecule has 0 saturated carbocycles. The van der Waals surface area contributed by atoms with Gasteiger partial charge in [-0.15, -0.1) is 10.2 Å². The van der Waals surface area contributed by atoms with Crippen LogP contribution in [0.5, 0.6) is 0 Å². The molecule has 1 fully saturated rings. The lowest BCUT2D eigenvalue weighted by atomic mass is 10.1. The Morgan fingerprint density at radius 3 is 2.63 bits per heavy atom. The normalized spacial score (nSPS) is 16.0. The Bertz CT molecular complexity index is 890. The Morgan fingerprint density at radius 2 is 1.96 bits per heavy atom. The predicted octanol–water partition coefficient (Wildman–Crippen LogP) is 3.12. The van der Waals surface area contributed by atoms with Crippen molar-refractivity contribution in [3.63, 3.8) is 0 Å². The van der Waals surface area contributed by atoms with Crippen molar-refractivity contribution in [2.24, 2.45) is 0 Å². The van der Waals surface area contributed by atoms with E-state index < -0.39 is 10.0 Å². The quantitative estimate of drug-likeness (QED) is 0.537. The van der Waals surface area contributed by atoms with Crippen molar-refractivity contribution in [3.05, 3.63) is 29.8 Å². The van der Waals surface area contributed by atoms with E-state index in [4.69, 9.17) is 0 Å².